The largest absolute Gasteiger partial charge is 0.346 e. The molecule has 5 nitrogen and oxygen atoms in total. The standard InChI is InChI=1S/C12H23N3O2.ClH/c1-3-12(4-2)5-6-15(9-12)11(17)8-14-10(16)7-13;/h3-9,13H2,1-2H3,(H,14,16);1H. The molecule has 1 aliphatic heterocycles. The highest BCUT2D eigenvalue weighted by Gasteiger charge is 2.36. The van der Waals surface area contributed by atoms with Gasteiger partial charge in [-0.15, -0.1) is 12.4 Å². The fourth-order valence-electron chi connectivity index (χ4n) is 2.33. The Morgan fingerprint density at radius 2 is 1.94 bits per heavy atom. The molecule has 6 heteroatoms. The minimum Gasteiger partial charge on any atom is -0.346 e. The lowest BCUT2D eigenvalue weighted by molar-refractivity contribution is -0.132. The number of rotatable bonds is 5. The van der Waals surface area contributed by atoms with E-state index in [9.17, 15) is 9.59 Å². The first-order valence-corrected chi connectivity index (χ1v) is 6.31. The smallest absolute Gasteiger partial charge is 0.241 e. The van der Waals surface area contributed by atoms with Gasteiger partial charge in [-0.1, -0.05) is 13.8 Å². The van der Waals surface area contributed by atoms with Gasteiger partial charge < -0.3 is 16.0 Å². The van der Waals surface area contributed by atoms with Crippen LogP contribution in [0.1, 0.15) is 33.1 Å². The molecule has 0 atom stereocenters. The molecule has 106 valence electrons. The van der Waals surface area contributed by atoms with Crippen LogP contribution >= 0.6 is 12.4 Å². The van der Waals surface area contributed by atoms with Gasteiger partial charge in [-0.2, -0.15) is 0 Å². The number of amides is 2. The van der Waals surface area contributed by atoms with Crippen molar-refractivity contribution in [3.05, 3.63) is 0 Å². The number of nitrogens with two attached hydrogens (primary N) is 1. The number of nitrogens with zero attached hydrogens (tertiary/aromatic N) is 1. The van der Waals surface area contributed by atoms with E-state index in [1.54, 1.807) is 0 Å². The van der Waals surface area contributed by atoms with Crippen molar-refractivity contribution < 1.29 is 9.59 Å². The van der Waals surface area contributed by atoms with E-state index in [0.717, 1.165) is 32.4 Å². The Hall–Kier alpha value is -0.810. The topological polar surface area (TPSA) is 75.4 Å². The van der Waals surface area contributed by atoms with Crippen LogP contribution in [0.25, 0.3) is 0 Å². The van der Waals surface area contributed by atoms with Gasteiger partial charge in [0.25, 0.3) is 0 Å². The summed E-state index contributed by atoms with van der Waals surface area (Å²) in [5, 5.41) is 2.52. The van der Waals surface area contributed by atoms with E-state index in [4.69, 9.17) is 5.73 Å². The number of hydrogen-bond donors (Lipinski definition) is 2. The predicted molar refractivity (Wildman–Crippen MR) is 73.5 cm³/mol. The van der Waals surface area contributed by atoms with Gasteiger partial charge in [0.15, 0.2) is 0 Å². The molecule has 1 heterocycles. The van der Waals surface area contributed by atoms with Crippen LogP contribution in [0.3, 0.4) is 0 Å². The zero-order valence-corrected chi connectivity index (χ0v) is 12.0. The average Bonchev–Trinajstić information content (AvgIpc) is 2.80. The third kappa shape index (κ3) is 4.14. The van der Waals surface area contributed by atoms with Crippen molar-refractivity contribution in [2.45, 2.75) is 33.1 Å². The monoisotopic (exact) mass is 277 g/mol. The molecule has 0 bridgehead atoms. The summed E-state index contributed by atoms with van der Waals surface area (Å²) >= 11 is 0. The Morgan fingerprint density at radius 1 is 1.33 bits per heavy atom. The second-order valence-corrected chi connectivity index (χ2v) is 4.75. The fraction of sp³-hybridized carbons (Fsp3) is 0.833. The average molecular weight is 278 g/mol. The summed E-state index contributed by atoms with van der Waals surface area (Å²) in [6.45, 7) is 5.97. The van der Waals surface area contributed by atoms with Gasteiger partial charge in [0.1, 0.15) is 0 Å². The molecular formula is C12H24ClN3O2. The maximum absolute atomic E-state index is 11.9. The van der Waals surface area contributed by atoms with Crippen LogP contribution in [-0.4, -0.2) is 42.9 Å². The second kappa shape index (κ2) is 7.59. The van der Waals surface area contributed by atoms with Gasteiger partial charge in [-0.3, -0.25) is 9.59 Å². The Bertz CT molecular complexity index is 293. The van der Waals surface area contributed by atoms with Gasteiger partial charge in [0.05, 0.1) is 13.1 Å². The van der Waals surface area contributed by atoms with E-state index < -0.39 is 0 Å². The van der Waals surface area contributed by atoms with Crippen LogP contribution in [-0.2, 0) is 9.59 Å². The highest BCUT2D eigenvalue weighted by atomic mass is 35.5. The number of hydrogen-bond acceptors (Lipinski definition) is 3. The maximum atomic E-state index is 11.9. The van der Waals surface area contributed by atoms with Gasteiger partial charge in [0, 0.05) is 13.1 Å². The number of carbonyl (C=O) groups is 2. The van der Waals surface area contributed by atoms with Crippen molar-refractivity contribution in [2.75, 3.05) is 26.2 Å². The summed E-state index contributed by atoms with van der Waals surface area (Å²) in [6.07, 6.45) is 3.27. The molecule has 1 fully saturated rings. The molecule has 0 aliphatic carbocycles. The zero-order chi connectivity index (χ0) is 12.9. The molecule has 0 aromatic carbocycles. The van der Waals surface area contributed by atoms with E-state index in [1.165, 1.54) is 0 Å². The van der Waals surface area contributed by atoms with Crippen LogP contribution < -0.4 is 11.1 Å². The minimum atomic E-state index is -0.283. The first kappa shape index (κ1) is 17.2. The number of halogens is 1. The van der Waals surface area contributed by atoms with Gasteiger partial charge in [-0.25, -0.2) is 0 Å². The molecule has 1 saturated heterocycles. The van der Waals surface area contributed by atoms with Crippen molar-refractivity contribution >= 4 is 24.2 Å². The highest BCUT2D eigenvalue weighted by molar-refractivity contribution is 5.86. The molecule has 0 aromatic heterocycles. The maximum Gasteiger partial charge on any atom is 0.241 e. The van der Waals surface area contributed by atoms with E-state index in [-0.39, 0.29) is 42.7 Å². The predicted octanol–water partition coefficient (Wildman–Crippen LogP) is 0.522. The van der Waals surface area contributed by atoms with Crippen LogP contribution in [0.2, 0.25) is 0 Å². The first-order valence-electron chi connectivity index (χ1n) is 6.31. The molecule has 0 spiro atoms. The summed E-state index contributed by atoms with van der Waals surface area (Å²) in [4.78, 5) is 24.7. The third-order valence-corrected chi connectivity index (χ3v) is 3.91. The van der Waals surface area contributed by atoms with Gasteiger partial charge in [-0.05, 0) is 24.7 Å². The third-order valence-electron chi connectivity index (χ3n) is 3.91. The van der Waals surface area contributed by atoms with E-state index in [0.29, 0.717) is 0 Å². The van der Waals surface area contributed by atoms with Crippen LogP contribution in [0.15, 0.2) is 0 Å². The summed E-state index contributed by atoms with van der Waals surface area (Å²) in [5.74, 6) is -0.287. The highest BCUT2D eigenvalue weighted by Crippen LogP contribution is 2.36. The molecule has 0 aromatic rings. The summed E-state index contributed by atoms with van der Waals surface area (Å²) < 4.78 is 0. The molecule has 3 N–H and O–H groups in total. The van der Waals surface area contributed by atoms with Crippen LogP contribution in [0.4, 0.5) is 0 Å². The molecule has 0 unspecified atom stereocenters. The first-order chi connectivity index (χ1) is 8.06. The van der Waals surface area contributed by atoms with Crippen LogP contribution in [0.5, 0.6) is 0 Å². The van der Waals surface area contributed by atoms with E-state index >= 15 is 0 Å². The van der Waals surface area contributed by atoms with Crippen molar-refractivity contribution in [3.63, 3.8) is 0 Å². The summed E-state index contributed by atoms with van der Waals surface area (Å²) in [6, 6.07) is 0. The Labute approximate surface area is 115 Å². The molecule has 2 amide bonds. The molecular weight excluding hydrogens is 254 g/mol. The van der Waals surface area contributed by atoms with E-state index in [1.807, 2.05) is 4.90 Å². The lowest BCUT2D eigenvalue weighted by Crippen LogP contribution is -2.41. The zero-order valence-electron chi connectivity index (χ0n) is 11.2. The fourth-order valence-corrected chi connectivity index (χ4v) is 2.33. The van der Waals surface area contributed by atoms with Crippen molar-refractivity contribution in [1.82, 2.24) is 10.2 Å². The van der Waals surface area contributed by atoms with Gasteiger partial charge >= 0.3 is 0 Å². The minimum absolute atomic E-state index is 0. The Balaban J connectivity index is 0.00000289. The molecule has 0 saturated carbocycles. The number of likely N-dealkylation sites (tertiary alicyclic amines) is 1. The second-order valence-electron chi connectivity index (χ2n) is 4.75. The summed E-state index contributed by atoms with van der Waals surface area (Å²) in [7, 11) is 0. The lowest BCUT2D eigenvalue weighted by atomic mass is 9.82. The molecule has 18 heavy (non-hydrogen) atoms. The molecule has 1 aliphatic rings. The van der Waals surface area contributed by atoms with E-state index in [2.05, 4.69) is 19.2 Å². The van der Waals surface area contributed by atoms with Gasteiger partial charge in [0.2, 0.25) is 11.8 Å². The molecule has 1 rings (SSSR count). The summed E-state index contributed by atoms with van der Waals surface area (Å²) in [5.41, 5.74) is 5.45. The lowest BCUT2D eigenvalue weighted by Gasteiger charge is -2.26. The molecule has 0 radical (unpaired) electrons. The SMILES string of the molecule is CCC1(CC)CCN(C(=O)CNC(=O)CN)C1.Cl. The normalized spacial score (nSPS) is 17.2. The quantitative estimate of drug-likeness (QED) is 0.769. The Kier molecular flexibility index (Phi) is 7.25. The van der Waals surface area contributed by atoms with Crippen LogP contribution in [0, 0.1) is 5.41 Å². The van der Waals surface area contributed by atoms with Crippen molar-refractivity contribution in [2.24, 2.45) is 11.1 Å². The Morgan fingerprint density at radius 3 is 2.39 bits per heavy atom. The van der Waals surface area contributed by atoms with Crippen molar-refractivity contribution in [1.29, 1.82) is 0 Å². The van der Waals surface area contributed by atoms with Crippen molar-refractivity contribution in [3.8, 4) is 0 Å². The number of nitrogens with one attached hydrogen (secondary N) is 1. The number of carbonyl (C=O) groups excluding carboxylic acids is 2.